The van der Waals surface area contributed by atoms with Gasteiger partial charge in [-0.2, -0.15) is 0 Å². The van der Waals surface area contributed by atoms with E-state index in [4.69, 9.17) is 4.74 Å². The Morgan fingerprint density at radius 1 is 1.09 bits per heavy atom. The van der Waals surface area contributed by atoms with Crippen LogP contribution in [0.15, 0.2) is 48.5 Å². The van der Waals surface area contributed by atoms with Gasteiger partial charge in [-0.1, -0.05) is 55.5 Å². The lowest BCUT2D eigenvalue weighted by Crippen LogP contribution is -2.51. The van der Waals surface area contributed by atoms with Crippen LogP contribution in [-0.2, 0) is 14.3 Å². The number of carbonyl (C=O) groups is 3. The molecule has 2 aromatic rings. The lowest BCUT2D eigenvalue weighted by Gasteiger charge is -2.26. The molecule has 1 aliphatic heterocycles. The van der Waals surface area contributed by atoms with Gasteiger partial charge in [-0.3, -0.25) is 4.79 Å². The molecule has 8 heteroatoms. The maximum Gasteiger partial charge on any atom is 0.407 e. The summed E-state index contributed by atoms with van der Waals surface area (Å²) in [6.45, 7) is 1.76. The number of aliphatic hydroxyl groups is 1. The number of likely N-dealkylation sites (tertiary alicyclic amines) is 1. The average Bonchev–Trinajstić information content (AvgIpc) is 3.34. The monoisotopic (exact) mass is 438 g/mol. The van der Waals surface area contributed by atoms with Crippen LogP contribution in [-0.4, -0.2) is 64.4 Å². The van der Waals surface area contributed by atoms with Gasteiger partial charge in [-0.05, 0) is 28.7 Å². The fourth-order valence-corrected chi connectivity index (χ4v) is 4.61. The molecule has 2 aliphatic rings. The Kier molecular flexibility index (Phi) is 6.14. The quantitative estimate of drug-likeness (QED) is 0.638. The molecule has 1 aliphatic carbocycles. The van der Waals surface area contributed by atoms with Crippen molar-refractivity contribution in [1.82, 2.24) is 10.2 Å². The minimum Gasteiger partial charge on any atom is -0.480 e. The van der Waals surface area contributed by atoms with Crippen LogP contribution in [0.5, 0.6) is 0 Å². The molecule has 2 amide bonds. The van der Waals surface area contributed by atoms with E-state index in [9.17, 15) is 24.6 Å². The van der Waals surface area contributed by atoms with E-state index < -0.39 is 36.2 Å². The van der Waals surface area contributed by atoms with Crippen molar-refractivity contribution in [2.24, 2.45) is 0 Å². The van der Waals surface area contributed by atoms with Crippen LogP contribution in [0, 0.1) is 0 Å². The van der Waals surface area contributed by atoms with Gasteiger partial charge in [0.15, 0.2) is 0 Å². The largest absolute Gasteiger partial charge is 0.480 e. The topological polar surface area (TPSA) is 116 Å². The summed E-state index contributed by atoms with van der Waals surface area (Å²) in [6.07, 6.45) is -1.39. The second-order valence-corrected chi connectivity index (χ2v) is 8.16. The number of nitrogens with zero attached hydrogens (tertiary/aromatic N) is 1. The number of rotatable bonds is 6. The van der Waals surface area contributed by atoms with Crippen molar-refractivity contribution in [2.45, 2.75) is 43.9 Å². The predicted octanol–water partition coefficient (Wildman–Crippen LogP) is 2.35. The average molecular weight is 438 g/mol. The highest BCUT2D eigenvalue weighted by molar-refractivity contribution is 5.90. The number of aliphatic carboxylic acids is 1. The van der Waals surface area contributed by atoms with Gasteiger partial charge >= 0.3 is 12.1 Å². The Bertz CT molecular complexity index is 993. The molecule has 3 N–H and O–H groups in total. The first-order valence-electron chi connectivity index (χ1n) is 10.7. The number of benzene rings is 2. The number of aliphatic hydroxyl groups excluding tert-OH is 1. The Morgan fingerprint density at radius 3 is 2.25 bits per heavy atom. The van der Waals surface area contributed by atoms with Crippen molar-refractivity contribution >= 4 is 18.0 Å². The molecule has 0 radical (unpaired) electrons. The second-order valence-electron chi connectivity index (χ2n) is 8.16. The molecule has 3 atom stereocenters. The highest BCUT2D eigenvalue weighted by atomic mass is 16.5. The molecule has 1 fully saturated rings. The number of carboxylic acids is 1. The lowest BCUT2D eigenvalue weighted by atomic mass is 9.98. The summed E-state index contributed by atoms with van der Waals surface area (Å²) in [7, 11) is 0. The molecule has 1 heterocycles. The van der Waals surface area contributed by atoms with Gasteiger partial charge in [0.2, 0.25) is 5.91 Å². The first-order chi connectivity index (χ1) is 15.4. The molecular weight excluding hydrogens is 412 g/mol. The summed E-state index contributed by atoms with van der Waals surface area (Å²) in [4.78, 5) is 37.9. The number of hydrogen-bond donors (Lipinski definition) is 3. The van der Waals surface area contributed by atoms with E-state index in [0.717, 1.165) is 27.2 Å². The van der Waals surface area contributed by atoms with E-state index in [2.05, 4.69) is 5.32 Å². The third-order valence-corrected chi connectivity index (χ3v) is 6.19. The third kappa shape index (κ3) is 4.05. The van der Waals surface area contributed by atoms with Gasteiger partial charge in [0.1, 0.15) is 18.7 Å². The fraction of sp³-hybridized carbons (Fsp3) is 0.375. The van der Waals surface area contributed by atoms with Crippen molar-refractivity contribution in [3.05, 3.63) is 59.7 Å². The van der Waals surface area contributed by atoms with Crippen molar-refractivity contribution in [2.75, 3.05) is 13.2 Å². The number of carboxylic acid groups (broad SMARTS) is 1. The summed E-state index contributed by atoms with van der Waals surface area (Å²) in [5.41, 5.74) is 4.40. The predicted molar refractivity (Wildman–Crippen MR) is 116 cm³/mol. The van der Waals surface area contributed by atoms with Crippen molar-refractivity contribution in [1.29, 1.82) is 0 Å². The van der Waals surface area contributed by atoms with Crippen LogP contribution >= 0.6 is 0 Å². The molecule has 2 aromatic carbocycles. The van der Waals surface area contributed by atoms with Gasteiger partial charge in [0, 0.05) is 18.9 Å². The van der Waals surface area contributed by atoms with Gasteiger partial charge in [-0.15, -0.1) is 0 Å². The molecular formula is C24H26N2O6. The summed E-state index contributed by atoms with van der Waals surface area (Å²) < 4.78 is 5.49. The second kappa shape index (κ2) is 9.00. The number of nitrogens with one attached hydrogen (secondary N) is 1. The van der Waals surface area contributed by atoms with Crippen LogP contribution in [0.2, 0.25) is 0 Å². The zero-order chi connectivity index (χ0) is 22.8. The molecule has 4 rings (SSSR count). The molecule has 0 saturated carbocycles. The SMILES string of the molecule is CC[C@H](NC(=O)OCC1c2ccccc2-c2ccccc21)C(=O)N1CC(O)C[C@H]1C(=O)O. The first kappa shape index (κ1) is 21.8. The van der Waals surface area contributed by atoms with Crippen molar-refractivity contribution in [3.63, 3.8) is 0 Å². The van der Waals surface area contributed by atoms with Crippen molar-refractivity contribution in [3.8, 4) is 11.1 Å². The highest BCUT2D eigenvalue weighted by Crippen LogP contribution is 2.44. The van der Waals surface area contributed by atoms with E-state index in [1.54, 1.807) is 6.92 Å². The fourth-order valence-electron chi connectivity index (χ4n) is 4.61. The summed E-state index contributed by atoms with van der Waals surface area (Å²) in [5.74, 6) is -1.81. The lowest BCUT2D eigenvalue weighted by molar-refractivity contribution is -0.149. The summed E-state index contributed by atoms with van der Waals surface area (Å²) in [6, 6.07) is 13.9. The van der Waals surface area contributed by atoms with E-state index in [1.807, 2.05) is 48.5 Å². The van der Waals surface area contributed by atoms with Crippen molar-refractivity contribution < 1.29 is 29.3 Å². The molecule has 32 heavy (non-hydrogen) atoms. The van der Waals surface area contributed by atoms with Gasteiger partial charge in [0.05, 0.1) is 6.10 Å². The van der Waals surface area contributed by atoms with Crippen LogP contribution in [0.25, 0.3) is 11.1 Å². The molecule has 168 valence electrons. The maximum absolute atomic E-state index is 12.8. The zero-order valence-electron chi connectivity index (χ0n) is 17.7. The Labute approximate surface area is 185 Å². The zero-order valence-corrected chi connectivity index (χ0v) is 17.7. The number of fused-ring (bicyclic) bond motifs is 3. The van der Waals surface area contributed by atoms with E-state index in [-0.39, 0.29) is 31.9 Å². The minimum atomic E-state index is -1.18. The highest BCUT2D eigenvalue weighted by Gasteiger charge is 2.41. The van der Waals surface area contributed by atoms with Crippen LogP contribution < -0.4 is 5.32 Å². The van der Waals surface area contributed by atoms with E-state index in [0.29, 0.717) is 0 Å². The molecule has 0 spiro atoms. The maximum atomic E-state index is 12.8. The Hall–Kier alpha value is -3.39. The van der Waals surface area contributed by atoms with Crippen LogP contribution in [0.1, 0.15) is 36.8 Å². The Morgan fingerprint density at radius 2 is 1.69 bits per heavy atom. The molecule has 1 unspecified atom stereocenters. The van der Waals surface area contributed by atoms with E-state index in [1.165, 1.54) is 0 Å². The summed E-state index contributed by atoms with van der Waals surface area (Å²) >= 11 is 0. The smallest absolute Gasteiger partial charge is 0.407 e. The van der Waals surface area contributed by atoms with Gasteiger partial charge in [-0.25, -0.2) is 9.59 Å². The normalized spacial score (nSPS) is 20.4. The number of carbonyl (C=O) groups excluding carboxylic acids is 2. The molecule has 1 saturated heterocycles. The van der Waals surface area contributed by atoms with E-state index >= 15 is 0 Å². The van der Waals surface area contributed by atoms with Crippen LogP contribution in [0.3, 0.4) is 0 Å². The van der Waals surface area contributed by atoms with Gasteiger partial charge in [0.25, 0.3) is 0 Å². The number of ether oxygens (including phenoxy) is 1. The first-order valence-corrected chi connectivity index (χ1v) is 10.7. The minimum absolute atomic E-state index is 0.0253. The number of amides is 2. The summed E-state index contributed by atoms with van der Waals surface area (Å²) in [5, 5.41) is 21.7. The molecule has 0 bridgehead atoms. The van der Waals surface area contributed by atoms with Gasteiger partial charge < -0.3 is 25.2 Å². The van der Waals surface area contributed by atoms with Crippen LogP contribution in [0.4, 0.5) is 4.79 Å². The molecule has 0 aromatic heterocycles. The third-order valence-electron chi connectivity index (χ3n) is 6.19. The standard InChI is InChI=1S/C24H26N2O6/c1-2-20(22(28)26-12-14(27)11-21(26)23(29)30)25-24(31)32-13-19-17-9-5-3-7-15(17)16-8-4-6-10-18(16)19/h3-10,14,19-21,27H,2,11-13H2,1H3,(H,25,31)(H,29,30)/t14?,20-,21-/m0/s1. The number of alkyl carbamates (subject to hydrolysis) is 1. The molecule has 8 nitrogen and oxygen atoms in total. The number of β-amino-alcohol motifs (C(OH)–C–C–N with tert-alkyl or cyclic N) is 1. The number of hydrogen-bond acceptors (Lipinski definition) is 5. The Balaban J connectivity index is 1.41.